The van der Waals surface area contributed by atoms with Crippen molar-refractivity contribution in [3.8, 4) is 5.75 Å². The predicted molar refractivity (Wildman–Crippen MR) is 107 cm³/mol. The molecule has 1 heterocycles. The highest BCUT2D eigenvalue weighted by atomic mass is 35.5. The maximum atomic E-state index is 13.0. The predicted octanol–water partition coefficient (Wildman–Crippen LogP) is 4.10. The smallest absolute Gasteiger partial charge is 0.335 e. The number of urea groups is 1. The molecule has 0 aromatic heterocycles. The van der Waals surface area contributed by atoms with Crippen LogP contribution >= 0.6 is 11.6 Å². The number of benzene rings is 2. The molecule has 1 saturated heterocycles. The van der Waals surface area contributed by atoms with Crippen LogP contribution in [0.2, 0.25) is 5.02 Å². The van der Waals surface area contributed by atoms with E-state index in [1.165, 1.54) is 6.08 Å². The standard InChI is InChI=1S/C21H19ClN2O4/c1-12(2)28-18-10-5-4-7-14(18)11-15-19(25)23-21(27)24(20(15)26)17-9-6-8-16(22)13(17)3/h4-12H,1-3H3,(H,23,25,27)/b15-11+. The zero-order valence-electron chi connectivity index (χ0n) is 15.7. The lowest BCUT2D eigenvalue weighted by Gasteiger charge is -2.28. The summed E-state index contributed by atoms with van der Waals surface area (Å²) in [6, 6.07) is 11.1. The van der Waals surface area contributed by atoms with Crippen molar-refractivity contribution in [3.05, 3.63) is 64.2 Å². The van der Waals surface area contributed by atoms with Crippen LogP contribution in [-0.2, 0) is 9.59 Å². The van der Waals surface area contributed by atoms with Crippen LogP contribution in [0.15, 0.2) is 48.0 Å². The Hall–Kier alpha value is -3.12. The van der Waals surface area contributed by atoms with E-state index in [1.54, 1.807) is 49.4 Å². The molecular weight excluding hydrogens is 380 g/mol. The summed E-state index contributed by atoms with van der Waals surface area (Å²) in [5.74, 6) is -0.947. The van der Waals surface area contributed by atoms with Crippen molar-refractivity contribution in [2.45, 2.75) is 26.9 Å². The third kappa shape index (κ3) is 3.77. The van der Waals surface area contributed by atoms with Crippen LogP contribution in [0.25, 0.3) is 6.08 Å². The Morgan fingerprint density at radius 3 is 2.50 bits per heavy atom. The second-order valence-corrected chi connectivity index (χ2v) is 6.95. The summed E-state index contributed by atoms with van der Waals surface area (Å²) >= 11 is 6.12. The maximum absolute atomic E-state index is 13.0. The largest absolute Gasteiger partial charge is 0.490 e. The lowest BCUT2D eigenvalue weighted by atomic mass is 10.0. The second kappa shape index (κ2) is 7.86. The van der Waals surface area contributed by atoms with E-state index in [9.17, 15) is 14.4 Å². The number of rotatable bonds is 4. The molecule has 1 aliphatic rings. The second-order valence-electron chi connectivity index (χ2n) is 6.55. The Kier molecular flexibility index (Phi) is 5.51. The van der Waals surface area contributed by atoms with Crippen molar-refractivity contribution >= 4 is 41.2 Å². The molecular formula is C21H19ClN2O4. The summed E-state index contributed by atoms with van der Waals surface area (Å²) < 4.78 is 5.74. The van der Waals surface area contributed by atoms with Crippen molar-refractivity contribution in [3.63, 3.8) is 0 Å². The summed E-state index contributed by atoms with van der Waals surface area (Å²) in [5.41, 5.74) is 1.27. The molecule has 0 spiro atoms. The van der Waals surface area contributed by atoms with Gasteiger partial charge in [0.2, 0.25) is 0 Å². The van der Waals surface area contributed by atoms with Gasteiger partial charge in [0.05, 0.1) is 11.8 Å². The molecule has 0 bridgehead atoms. The molecule has 2 aromatic rings. The first-order valence-corrected chi connectivity index (χ1v) is 9.09. The van der Waals surface area contributed by atoms with E-state index in [0.717, 1.165) is 4.90 Å². The Balaban J connectivity index is 2.06. The molecule has 2 aromatic carbocycles. The first-order chi connectivity index (χ1) is 13.3. The summed E-state index contributed by atoms with van der Waals surface area (Å²) in [6.45, 7) is 5.46. The SMILES string of the molecule is Cc1c(Cl)cccc1N1C(=O)NC(=O)/C(=C\c2ccccc2OC(C)C)C1=O. The molecule has 1 fully saturated rings. The average molecular weight is 399 g/mol. The highest BCUT2D eigenvalue weighted by Gasteiger charge is 2.37. The number of nitrogens with one attached hydrogen (secondary N) is 1. The Morgan fingerprint density at radius 1 is 1.07 bits per heavy atom. The fourth-order valence-corrected chi connectivity index (χ4v) is 3.00. The molecule has 0 saturated carbocycles. The van der Waals surface area contributed by atoms with E-state index in [1.807, 2.05) is 13.8 Å². The molecule has 7 heteroatoms. The minimum absolute atomic E-state index is 0.0809. The number of nitrogens with zero attached hydrogens (tertiary/aromatic N) is 1. The molecule has 0 atom stereocenters. The third-order valence-corrected chi connectivity index (χ3v) is 4.57. The van der Waals surface area contributed by atoms with Crippen LogP contribution < -0.4 is 15.0 Å². The van der Waals surface area contributed by atoms with Crippen molar-refractivity contribution < 1.29 is 19.1 Å². The van der Waals surface area contributed by atoms with Gasteiger partial charge in [-0.05, 0) is 50.6 Å². The van der Waals surface area contributed by atoms with Crippen LogP contribution in [-0.4, -0.2) is 23.9 Å². The van der Waals surface area contributed by atoms with E-state index in [4.69, 9.17) is 16.3 Å². The number of carbonyl (C=O) groups is 3. The topological polar surface area (TPSA) is 75.7 Å². The fraction of sp³-hybridized carbons (Fsp3) is 0.190. The van der Waals surface area contributed by atoms with Crippen molar-refractivity contribution in [2.24, 2.45) is 0 Å². The number of halogens is 1. The number of amides is 4. The van der Waals surface area contributed by atoms with E-state index in [0.29, 0.717) is 27.6 Å². The van der Waals surface area contributed by atoms with Gasteiger partial charge in [0, 0.05) is 10.6 Å². The normalized spacial score (nSPS) is 16.0. The monoisotopic (exact) mass is 398 g/mol. The molecule has 0 aliphatic carbocycles. The number of barbiturate groups is 1. The zero-order chi connectivity index (χ0) is 20.4. The van der Waals surface area contributed by atoms with E-state index in [2.05, 4.69) is 5.32 Å². The summed E-state index contributed by atoms with van der Waals surface area (Å²) in [5, 5.41) is 2.62. The Bertz CT molecular complexity index is 998. The van der Waals surface area contributed by atoms with Gasteiger partial charge < -0.3 is 4.74 Å². The molecule has 28 heavy (non-hydrogen) atoms. The van der Waals surface area contributed by atoms with Crippen LogP contribution in [0.4, 0.5) is 10.5 Å². The number of para-hydroxylation sites is 1. The van der Waals surface area contributed by atoms with Crippen molar-refractivity contribution in [2.75, 3.05) is 4.90 Å². The maximum Gasteiger partial charge on any atom is 0.335 e. The van der Waals surface area contributed by atoms with Gasteiger partial charge in [-0.2, -0.15) is 0 Å². The number of imide groups is 2. The van der Waals surface area contributed by atoms with Gasteiger partial charge >= 0.3 is 6.03 Å². The molecule has 1 N–H and O–H groups in total. The first kappa shape index (κ1) is 19.6. The van der Waals surface area contributed by atoms with Gasteiger partial charge in [-0.3, -0.25) is 14.9 Å². The molecule has 6 nitrogen and oxygen atoms in total. The summed E-state index contributed by atoms with van der Waals surface area (Å²) in [7, 11) is 0. The molecule has 0 unspecified atom stereocenters. The minimum Gasteiger partial charge on any atom is -0.490 e. The van der Waals surface area contributed by atoms with Crippen LogP contribution in [0.1, 0.15) is 25.0 Å². The quantitative estimate of drug-likeness (QED) is 0.621. The fourth-order valence-electron chi connectivity index (χ4n) is 2.83. The van der Waals surface area contributed by atoms with Gasteiger partial charge in [-0.15, -0.1) is 0 Å². The number of carbonyl (C=O) groups excluding carboxylic acids is 3. The van der Waals surface area contributed by atoms with Gasteiger partial charge in [-0.25, -0.2) is 9.69 Å². The Morgan fingerprint density at radius 2 is 1.79 bits per heavy atom. The number of anilines is 1. The number of hydrogen-bond acceptors (Lipinski definition) is 4. The van der Waals surface area contributed by atoms with E-state index >= 15 is 0 Å². The molecule has 1 aliphatic heterocycles. The lowest BCUT2D eigenvalue weighted by molar-refractivity contribution is -0.122. The van der Waals surface area contributed by atoms with Crippen molar-refractivity contribution in [1.82, 2.24) is 5.32 Å². The third-order valence-electron chi connectivity index (χ3n) is 4.16. The number of ether oxygens (including phenoxy) is 1. The number of hydrogen-bond donors (Lipinski definition) is 1. The molecule has 0 radical (unpaired) electrons. The minimum atomic E-state index is -0.816. The van der Waals surface area contributed by atoms with Gasteiger partial charge in [-0.1, -0.05) is 35.9 Å². The van der Waals surface area contributed by atoms with Gasteiger partial charge in [0.25, 0.3) is 11.8 Å². The highest BCUT2D eigenvalue weighted by Crippen LogP contribution is 2.30. The summed E-state index contributed by atoms with van der Waals surface area (Å²) in [4.78, 5) is 38.7. The molecule has 4 amide bonds. The average Bonchev–Trinajstić information content (AvgIpc) is 2.63. The molecule has 144 valence electrons. The van der Waals surface area contributed by atoms with Crippen molar-refractivity contribution in [1.29, 1.82) is 0 Å². The van der Waals surface area contributed by atoms with Gasteiger partial charge in [0.15, 0.2) is 0 Å². The molecule has 3 rings (SSSR count). The Labute approximate surface area is 167 Å². The van der Waals surface area contributed by atoms with Crippen LogP contribution in [0, 0.1) is 6.92 Å². The highest BCUT2D eigenvalue weighted by molar-refractivity contribution is 6.40. The van der Waals surface area contributed by atoms with Crippen LogP contribution in [0.3, 0.4) is 0 Å². The van der Waals surface area contributed by atoms with E-state index < -0.39 is 17.8 Å². The van der Waals surface area contributed by atoms with E-state index in [-0.39, 0.29) is 11.7 Å². The van der Waals surface area contributed by atoms with Crippen LogP contribution in [0.5, 0.6) is 5.75 Å². The summed E-state index contributed by atoms with van der Waals surface area (Å²) in [6.07, 6.45) is 1.34. The van der Waals surface area contributed by atoms with Gasteiger partial charge in [0.1, 0.15) is 11.3 Å². The lowest BCUT2D eigenvalue weighted by Crippen LogP contribution is -2.54. The zero-order valence-corrected chi connectivity index (χ0v) is 16.4. The first-order valence-electron chi connectivity index (χ1n) is 8.72.